The summed E-state index contributed by atoms with van der Waals surface area (Å²) in [5, 5.41) is 13.5. The highest BCUT2D eigenvalue weighted by atomic mass is 16.6. The van der Waals surface area contributed by atoms with Crippen molar-refractivity contribution in [2.24, 2.45) is 0 Å². The number of benzene rings is 2. The summed E-state index contributed by atoms with van der Waals surface area (Å²) in [6.07, 6.45) is 2.95. The molecule has 118 valence electrons. The third-order valence-corrected chi connectivity index (χ3v) is 3.01. The quantitative estimate of drug-likeness (QED) is 0.382. The van der Waals surface area contributed by atoms with Gasteiger partial charge in [0.15, 0.2) is 5.75 Å². The first-order chi connectivity index (χ1) is 11.0. The third kappa shape index (κ3) is 4.31. The van der Waals surface area contributed by atoms with Crippen LogP contribution in [0.3, 0.4) is 0 Å². The first-order valence-electron chi connectivity index (χ1n) is 6.66. The van der Waals surface area contributed by atoms with E-state index in [2.05, 4.69) is 5.32 Å². The molecular formula is C16H15N3O4. The zero-order chi connectivity index (χ0) is 16.8. The van der Waals surface area contributed by atoms with E-state index in [1.165, 1.54) is 31.4 Å². The molecule has 0 spiro atoms. The van der Waals surface area contributed by atoms with Crippen molar-refractivity contribution < 1.29 is 14.5 Å². The zero-order valence-electron chi connectivity index (χ0n) is 12.4. The molecule has 0 aliphatic heterocycles. The van der Waals surface area contributed by atoms with E-state index < -0.39 is 10.8 Å². The van der Waals surface area contributed by atoms with E-state index in [0.29, 0.717) is 11.4 Å². The van der Waals surface area contributed by atoms with Gasteiger partial charge < -0.3 is 15.8 Å². The number of hydrogen-bond donors (Lipinski definition) is 2. The lowest BCUT2D eigenvalue weighted by Gasteiger charge is -2.05. The van der Waals surface area contributed by atoms with E-state index in [1.54, 1.807) is 30.3 Å². The van der Waals surface area contributed by atoms with E-state index in [4.69, 9.17) is 10.5 Å². The fourth-order valence-corrected chi connectivity index (χ4v) is 1.87. The minimum Gasteiger partial charge on any atom is -0.490 e. The molecule has 0 fully saturated rings. The highest BCUT2D eigenvalue weighted by Gasteiger charge is 2.15. The summed E-state index contributed by atoms with van der Waals surface area (Å²) >= 11 is 0. The molecule has 2 rings (SSSR count). The van der Waals surface area contributed by atoms with Gasteiger partial charge in [0, 0.05) is 23.5 Å². The SMILES string of the molecule is COc1ccc(NC(=O)/C=C/c2ccc(N)cc2)cc1[N+](=O)[O-]. The summed E-state index contributed by atoms with van der Waals surface area (Å²) < 4.78 is 4.90. The highest BCUT2D eigenvalue weighted by molar-refractivity contribution is 6.02. The predicted molar refractivity (Wildman–Crippen MR) is 88.2 cm³/mol. The molecule has 0 saturated carbocycles. The van der Waals surface area contributed by atoms with Crippen LogP contribution in [0.2, 0.25) is 0 Å². The number of ether oxygens (including phenoxy) is 1. The molecule has 0 heterocycles. The van der Waals surface area contributed by atoms with Gasteiger partial charge in [-0.3, -0.25) is 14.9 Å². The largest absolute Gasteiger partial charge is 0.490 e. The van der Waals surface area contributed by atoms with E-state index in [1.807, 2.05) is 0 Å². The van der Waals surface area contributed by atoms with E-state index in [-0.39, 0.29) is 11.4 Å². The topological polar surface area (TPSA) is 107 Å². The zero-order valence-corrected chi connectivity index (χ0v) is 12.4. The number of nitrogens with zero attached hydrogens (tertiary/aromatic N) is 1. The Morgan fingerprint density at radius 3 is 2.57 bits per heavy atom. The Bertz CT molecular complexity index is 754. The predicted octanol–water partition coefficient (Wildman–Crippen LogP) is 2.84. The molecule has 0 aliphatic rings. The number of nitrogens with one attached hydrogen (secondary N) is 1. The van der Waals surface area contributed by atoms with Crippen LogP contribution >= 0.6 is 0 Å². The number of nitrogen functional groups attached to an aromatic ring is 1. The summed E-state index contributed by atoms with van der Waals surface area (Å²) in [5.74, 6) is -0.272. The van der Waals surface area contributed by atoms with Crippen molar-refractivity contribution in [1.29, 1.82) is 0 Å². The maximum Gasteiger partial charge on any atom is 0.312 e. The Hall–Kier alpha value is -3.35. The summed E-state index contributed by atoms with van der Waals surface area (Å²) in [4.78, 5) is 22.2. The molecule has 23 heavy (non-hydrogen) atoms. The Morgan fingerprint density at radius 2 is 1.96 bits per heavy atom. The molecular weight excluding hydrogens is 298 g/mol. The minimum atomic E-state index is -0.571. The van der Waals surface area contributed by atoms with Gasteiger partial charge in [-0.15, -0.1) is 0 Å². The molecule has 0 aromatic heterocycles. The average Bonchev–Trinajstić information content (AvgIpc) is 2.54. The van der Waals surface area contributed by atoms with E-state index in [9.17, 15) is 14.9 Å². The minimum absolute atomic E-state index is 0.130. The molecule has 3 N–H and O–H groups in total. The van der Waals surface area contributed by atoms with Crippen LogP contribution in [-0.2, 0) is 4.79 Å². The van der Waals surface area contributed by atoms with Crippen molar-refractivity contribution in [2.45, 2.75) is 0 Å². The number of methoxy groups -OCH3 is 1. The van der Waals surface area contributed by atoms with Gasteiger partial charge in [-0.25, -0.2) is 0 Å². The lowest BCUT2D eigenvalue weighted by atomic mass is 10.2. The Labute approximate surface area is 132 Å². The van der Waals surface area contributed by atoms with Crippen LogP contribution < -0.4 is 15.8 Å². The lowest BCUT2D eigenvalue weighted by molar-refractivity contribution is -0.385. The second kappa shape index (κ2) is 7.08. The highest BCUT2D eigenvalue weighted by Crippen LogP contribution is 2.29. The van der Waals surface area contributed by atoms with Crippen molar-refractivity contribution in [3.05, 3.63) is 64.2 Å². The van der Waals surface area contributed by atoms with Crippen molar-refractivity contribution in [2.75, 3.05) is 18.2 Å². The molecule has 0 atom stereocenters. The Kier molecular flexibility index (Phi) is 4.93. The van der Waals surface area contributed by atoms with Crippen LogP contribution in [0.4, 0.5) is 17.1 Å². The molecule has 0 bridgehead atoms. The smallest absolute Gasteiger partial charge is 0.312 e. The number of nitro benzene ring substituents is 1. The number of carbonyl (C=O) groups excluding carboxylic acids is 1. The summed E-state index contributed by atoms with van der Waals surface area (Å²) in [6.45, 7) is 0. The first-order valence-corrected chi connectivity index (χ1v) is 6.66. The van der Waals surface area contributed by atoms with Crippen LogP contribution in [-0.4, -0.2) is 17.9 Å². The number of anilines is 2. The number of amides is 1. The molecule has 0 aliphatic carbocycles. The van der Waals surface area contributed by atoms with Gasteiger partial charge in [0.05, 0.1) is 12.0 Å². The second-order valence-electron chi connectivity index (χ2n) is 4.63. The molecule has 2 aromatic rings. The van der Waals surface area contributed by atoms with Crippen molar-refractivity contribution in [3.63, 3.8) is 0 Å². The molecule has 0 saturated heterocycles. The van der Waals surface area contributed by atoms with Gasteiger partial charge >= 0.3 is 5.69 Å². The van der Waals surface area contributed by atoms with E-state index in [0.717, 1.165) is 5.56 Å². The standard InChI is InChI=1S/C16H15N3O4/c1-23-15-8-7-13(10-14(15)19(21)22)18-16(20)9-4-11-2-5-12(17)6-3-11/h2-10H,17H2,1H3,(H,18,20)/b9-4+. The summed E-state index contributed by atoms with van der Waals surface area (Å²) in [6, 6.07) is 11.2. The fraction of sp³-hybridized carbons (Fsp3) is 0.0625. The van der Waals surface area contributed by atoms with Crippen molar-refractivity contribution in [1.82, 2.24) is 0 Å². The molecule has 0 unspecified atom stereocenters. The maximum absolute atomic E-state index is 11.9. The number of nitrogens with two attached hydrogens (primary N) is 1. The molecule has 1 amide bonds. The summed E-state index contributed by atoms with van der Waals surface area (Å²) in [5.41, 5.74) is 7.12. The molecule has 7 nitrogen and oxygen atoms in total. The fourth-order valence-electron chi connectivity index (χ4n) is 1.87. The van der Waals surface area contributed by atoms with Crippen molar-refractivity contribution >= 4 is 29.0 Å². The Balaban J connectivity index is 2.09. The van der Waals surface area contributed by atoms with Gasteiger partial charge in [-0.2, -0.15) is 0 Å². The Morgan fingerprint density at radius 1 is 1.26 bits per heavy atom. The van der Waals surface area contributed by atoms with Crippen LogP contribution in [0.15, 0.2) is 48.5 Å². The lowest BCUT2D eigenvalue weighted by Crippen LogP contribution is -2.08. The average molecular weight is 313 g/mol. The van der Waals surface area contributed by atoms with Gasteiger partial charge in [0.2, 0.25) is 5.91 Å². The molecule has 0 radical (unpaired) electrons. The van der Waals surface area contributed by atoms with Gasteiger partial charge in [0.1, 0.15) is 0 Å². The first kappa shape index (κ1) is 16.0. The van der Waals surface area contributed by atoms with Crippen molar-refractivity contribution in [3.8, 4) is 5.75 Å². The van der Waals surface area contributed by atoms with Gasteiger partial charge in [-0.05, 0) is 35.9 Å². The van der Waals surface area contributed by atoms with Gasteiger partial charge in [-0.1, -0.05) is 12.1 Å². The van der Waals surface area contributed by atoms with Crippen LogP contribution in [0.1, 0.15) is 5.56 Å². The van der Waals surface area contributed by atoms with Crippen LogP contribution in [0.25, 0.3) is 6.08 Å². The van der Waals surface area contributed by atoms with Gasteiger partial charge in [0.25, 0.3) is 0 Å². The monoisotopic (exact) mass is 313 g/mol. The second-order valence-corrected chi connectivity index (χ2v) is 4.63. The number of hydrogen-bond acceptors (Lipinski definition) is 5. The number of carbonyl (C=O) groups is 1. The molecule has 2 aromatic carbocycles. The molecule has 7 heteroatoms. The number of nitro groups is 1. The van der Waals surface area contributed by atoms with E-state index >= 15 is 0 Å². The number of rotatable bonds is 5. The van der Waals surface area contributed by atoms with Crippen LogP contribution in [0.5, 0.6) is 5.75 Å². The van der Waals surface area contributed by atoms with Crippen LogP contribution in [0, 0.1) is 10.1 Å². The summed E-state index contributed by atoms with van der Waals surface area (Å²) in [7, 11) is 1.34. The maximum atomic E-state index is 11.9. The third-order valence-electron chi connectivity index (χ3n) is 3.01. The normalized spacial score (nSPS) is 10.5.